The van der Waals surface area contributed by atoms with Crippen LogP contribution in [0.4, 0.5) is 0 Å². The maximum Gasteiger partial charge on any atom is 0.285 e. The fourth-order valence-electron chi connectivity index (χ4n) is 4.28. The lowest BCUT2D eigenvalue weighted by Gasteiger charge is -2.14. The van der Waals surface area contributed by atoms with Gasteiger partial charge in [0.2, 0.25) is 0 Å². The van der Waals surface area contributed by atoms with Crippen molar-refractivity contribution >= 4 is 44.7 Å². The molecule has 3 aromatic carbocycles. The summed E-state index contributed by atoms with van der Waals surface area (Å²) in [5, 5.41) is 4.99. The topological polar surface area (TPSA) is 61.8 Å². The Labute approximate surface area is 208 Å². The van der Waals surface area contributed by atoms with E-state index in [0.29, 0.717) is 26.4 Å². The monoisotopic (exact) mass is 494 g/mol. The molecule has 0 radical (unpaired) electrons. The Bertz CT molecular complexity index is 1900. The molecule has 0 saturated heterocycles. The number of benzene rings is 3. The van der Waals surface area contributed by atoms with E-state index in [1.54, 1.807) is 22.9 Å². The first-order chi connectivity index (χ1) is 17.0. The SMILES string of the molecule is Cc1ccc(-n2c(=O)c3c(=O)n(-c4ccccc4)ncc3c3sc(=S)n(-c4ccccc4)c32)cc1. The third kappa shape index (κ3) is 3.38. The molecule has 0 atom stereocenters. The van der Waals surface area contributed by atoms with E-state index in [1.165, 1.54) is 16.0 Å². The zero-order valence-electron chi connectivity index (χ0n) is 18.6. The van der Waals surface area contributed by atoms with Gasteiger partial charge in [0.15, 0.2) is 3.95 Å². The number of nitrogens with zero attached hydrogens (tertiary/aromatic N) is 4. The molecule has 6 rings (SSSR count). The van der Waals surface area contributed by atoms with Gasteiger partial charge in [0.1, 0.15) is 11.0 Å². The highest BCUT2D eigenvalue weighted by molar-refractivity contribution is 7.73. The normalized spacial score (nSPS) is 11.3. The molecule has 35 heavy (non-hydrogen) atoms. The van der Waals surface area contributed by atoms with Gasteiger partial charge in [0, 0.05) is 11.1 Å². The number of pyridine rings is 1. The Hall–Kier alpha value is -4.14. The molecule has 0 N–H and O–H groups in total. The molecular weight excluding hydrogens is 476 g/mol. The van der Waals surface area contributed by atoms with Gasteiger partial charge in [-0.3, -0.25) is 18.7 Å². The minimum atomic E-state index is -0.466. The summed E-state index contributed by atoms with van der Waals surface area (Å²) in [6, 6.07) is 26.4. The second-order valence-electron chi connectivity index (χ2n) is 8.15. The van der Waals surface area contributed by atoms with Crippen LogP contribution in [0.2, 0.25) is 0 Å². The Balaban J connectivity index is 1.83. The lowest BCUT2D eigenvalue weighted by molar-refractivity contribution is 0.818. The van der Waals surface area contributed by atoms with Crippen LogP contribution < -0.4 is 11.1 Å². The predicted octanol–water partition coefficient (Wildman–Crippen LogP) is 5.58. The standard InChI is InChI=1S/C27H18N4O2S2/c1-17-12-14-19(15-13-17)29-24-23(35-27(34)30(24)18-8-4-2-5-9-18)21-16-28-31(20-10-6-3-7-11-20)26(33)22(21)25(29)32/h2-16H,1H3. The first kappa shape index (κ1) is 21.4. The molecule has 0 spiro atoms. The number of aryl methyl sites for hydroxylation is 1. The summed E-state index contributed by atoms with van der Waals surface area (Å²) in [6.07, 6.45) is 1.59. The maximum absolute atomic E-state index is 14.1. The van der Waals surface area contributed by atoms with E-state index in [0.717, 1.165) is 16.0 Å². The quantitative estimate of drug-likeness (QED) is 0.301. The van der Waals surface area contributed by atoms with Crippen molar-refractivity contribution in [3.63, 3.8) is 0 Å². The highest BCUT2D eigenvalue weighted by Gasteiger charge is 2.22. The minimum absolute atomic E-state index is 0.0772. The van der Waals surface area contributed by atoms with E-state index in [-0.39, 0.29) is 5.39 Å². The molecule has 0 fully saturated rings. The minimum Gasteiger partial charge on any atom is -0.277 e. The lowest BCUT2D eigenvalue weighted by atomic mass is 10.2. The number of fused-ring (bicyclic) bond motifs is 3. The van der Waals surface area contributed by atoms with Gasteiger partial charge in [-0.1, -0.05) is 54.1 Å². The van der Waals surface area contributed by atoms with Gasteiger partial charge >= 0.3 is 0 Å². The zero-order chi connectivity index (χ0) is 24.1. The third-order valence-corrected chi connectivity index (χ3v) is 7.34. The van der Waals surface area contributed by atoms with E-state index < -0.39 is 11.1 Å². The second kappa shape index (κ2) is 8.26. The number of hydrogen-bond donors (Lipinski definition) is 0. The molecule has 0 aliphatic rings. The van der Waals surface area contributed by atoms with Crippen molar-refractivity contribution < 1.29 is 0 Å². The molecule has 170 valence electrons. The summed E-state index contributed by atoms with van der Waals surface area (Å²) >= 11 is 7.13. The summed E-state index contributed by atoms with van der Waals surface area (Å²) in [5.74, 6) is 0. The van der Waals surface area contributed by atoms with Crippen molar-refractivity contribution in [2.45, 2.75) is 6.92 Å². The van der Waals surface area contributed by atoms with Crippen molar-refractivity contribution in [1.29, 1.82) is 0 Å². The van der Waals surface area contributed by atoms with Crippen molar-refractivity contribution in [2.75, 3.05) is 0 Å². The van der Waals surface area contributed by atoms with Crippen LogP contribution in [-0.4, -0.2) is 18.9 Å². The third-order valence-electron chi connectivity index (χ3n) is 5.95. The number of thiazole rings is 1. The van der Waals surface area contributed by atoms with Crippen molar-refractivity contribution in [1.82, 2.24) is 18.9 Å². The molecule has 0 amide bonds. The molecule has 6 nitrogen and oxygen atoms in total. The van der Waals surface area contributed by atoms with Crippen LogP contribution in [0.3, 0.4) is 0 Å². The molecular formula is C27H18N4O2S2. The van der Waals surface area contributed by atoms with E-state index in [4.69, 9.17) is 12.2 Å². The van der Waals surface area contributed by atoms with Crippen LogP contribution in [0.25, 0.3) is 38.2 Å². The van der Waals surface area contributed by atoms with Crippen LogP contribution in [-0.2, 0) is 0 Å². The maximum atomic E-state index is 14.1. The summed E-state index contributed by atoms with van der Waals surface area (Å²) in [7, 11) is 0. The first-order valence-corrected chi connectivity index (χ1v) is 12.2. The fraction of sp³-hybridized carbons (Fsp3) is 0.0370. The Morgan fingerprint density at radius 1 is 0.743 bits per heavy atom. The summed E-state index contributed by atoms with van der Waals surface area (Å²) < 4.78 is 6.05. The van der Waals surface area contributed by atoms with Gasteiger partial charge in [0.05, 0.1) is 22.3 Å². The van der Waals surface area contributed by atoms with E-state index in [2.05, 4.69) is 5.10 Å². The summed E-state index contributed by atoms with van der Waals surface area (Å²) in [6.45, 7) is 1.99. The summed E-state index contributed by atoms with van der Waals surface area (Å²) in [4.78, 5) is 27.8. The number of aromatic nitrogens is 4. The van der Waals surface area contributed by atoms with Crippen LogP contribution in [0.5, 0.6) is 0 Å². The van der Waals surface area contributed by atoms with Crippen molar-refractivity contribution in [2.24, 2.45) is 0 Å². The summed E-state index contributed by atoms with van der Waals surface area (Å²) in [5.41, 5.74) is 2.90. The van der Waals surface area contributed by atoms with Crippen molar-refractivity contribution in [3.05, 3.63) is 121 Å². The predicted molar refractivity (Wildman–Crippen MR) is 143 cm³/mol. The van der Waals surface area contributed by atoms with Gasteiger partial charge in [-0.15, -0.1) is 11.3 Å². The molecule has 6 aromatic rings. The van der Waals surface area contributed by atoms with E-state index >= 15 is 0 Å². The van der Waals surface area contributed by atoms with Crippen LogP contribution in [0.1, 0.15) is 5.56 Å². The van der Waals surface area contributed by atoms with Crippen LogP contribution >= 0.6 is 23.6 Å². The lowest BCUT2D eigenvalue weighted by Crippen LogP contribution is -2.30. The van der Waals surface area contributed by atoms with Crippen molar-refractivity contribution in [3.8, 4) is 17.1 Å². The highest BCUT2D eigenvalue weighted by atomic mass is 32.1. The van der Waals surface area contributed by atoms with Crippen LogP contribution in [0, 0.1) is 10.9 Å². The Morgan fingerprint density at radius 2 is 1.34 bits per heavy atom. The average molecular weight is 495 g/mol. The molecule has 0 aliphatic heterocycles. The zero-order valence-corrected chi connectivity index (χ0v) is 20.2. The van der Waals surface area contributed by atoms with E-state index in [1.807, 2.05) is 84.3 Å². The van der Waals surface area contributed by atoms with Gasteiger partial charge in [0.25, 0.3) is 11.1 Å². The number of hydrogen-bond acceptors (Lipinski definition) is 5. The number of rotatable bonds is 3. The van der Waals surface area contributed by atoms with E-state index in [9.17, 15) is 9.59 Å². The average Bonchev–Trinajstić information content (AvgIpc) is 3.22. The first-order valence-electron chi connectivity index (χ1n) is 10.9. The smallest absolute Gasteiger partial charge is 0.277 e. The Morgan fingerprint density at radius 3 is 2.00 bits per heavy atom. The molecule has 0 bridgehead atoms. The molecule has 0 saturated carbocycles. The largest absolute Gasteiger partial charge is 0.285 e. The van der Waals surface area contributed by atoms with Crippen LogP contribution in [0.15, 0.2) is 101 Å². The molecule has 3 aromatic heterocycles. The molecule has 0 aliphatic carbocycles. The van der Waals surface area contributed by atoms with Gasteiger partial charge in [-0.05, 0) is 55.5 Å². The molecule has 8 heteroatoms. The molecule has 0 unspecified atom stereocenters. The van der Waals surface area contributed by atoms with Gasteiger partial charge in [-0.25, -0.2) is 0 Å². The number of para-hydroxylation sites is 2. The van der Waals surface area contributed by atoms with Gasteiger partial charge in [-0.2, -0.15) is 9.78 Å². The highest BCUT2D eigenvalue weighted by Crippen LogP contribution is 2.32. The fourth-order valence-corrected chi connectivity index (χ4v) is 5.71. The van der Waals surface area contributed by atoms with Gasteiger partial charge < -0.3 is 0 Å². The second-order valence-corrected chi connectivity index (χ2v) is 9.80. The molecule has 3 heterocycles. The Kier molecular flexibility index (Phi) is 5.05.